The van der Waals surface area contributed by atoms with Crippen molar-refractivity contribution in [3.8, 4) is 0 Å². The zero-order valence-electron chi connectivity index (χ0n) is 20.9. The molecule has 3 aromatic rings. The van der Waals surface area contributed by atoms with Gasteiger partial charge in [0, 0.05) is 11.8 Å². The number of carbonyl (C=O) groups excluding carboxylic acids is 4. The number of rotatable bonds is 8. The lowest BCUT2D eigenvalue weighted by atomic mass is 9.98. The number of hydrogen-bond donors (Lipinski definition) is 2. The number of anilines is 1. The summed E-state index contributed by atoms with van der Waals surface area (Å²) < 4.78 is 57.5. The summed E-state index contributed by atoms with van der Waals surface area (Å²) in [5.41, 5.74) is -1.13. The molecule has 1 aromatic heterocycles. The summed E-state index contributed by atoms with van der Waals surface area (Å²) in [7, 11) is 1.14. The van der Waals surface area contributed by atoms with Crippen LogP contribution >= 0.6 is 11.3 Å². The maximum atomic E-state index is 13.7. The number of esters is 1. The third-order valence-corrected chi connectivity index (χ3v) is 7.69. The van der Waals surface area contributed by atoms with Crippen LogP contribution in [0.2, 0.25) is 0 Å². The molecule has 0 aliphatic carbocycles. The molecule has 2 aromatic carbocycles. The summed E-state index contributed by atoms with van der Waals surface area (Å²) in [4.78, 5) is 56.6. The molecular weight excluding hydrogens is 573 g/mol. The number of imide groups is 1. The van der Waals surface area contributed by atoms with Crippen molar-refractivity contribution in [3.63, 3.8) is 0 Å². The molecule has 4 amide bonds. The smallest absolute Gasteiger partial charge is 0.416 e. The highest BCUT2D eigenvalue weighted by molar-refractivity contribution is 7.90. The molecule has 210 valence electrons. The Balaban J connectivity index is 1.68. The first-order valence-electron chi connectivity index (χ1n) is 11.5. The van der Waals surface area contributed by atoms with E-state index in [2.05, 4.69) is 20.4 Å². The fraction of sp³-hybridized carbons (Fsp3) is 0.240. The van der Waals surface area contributed by atoms with E-state index < -0.39 is 65.2 Å². The number of nitrogens with zero attached hydrogens (tertiary/aromatic N) is 2. The first-order chi connectivity index (χ1) is 18.9. The normalized spacial score (nSPS) is 16.9. The number of aromatic nitrogens is 1. The van der Waals surface area contributed by atoms with E-state index in [1.165, 1.54) is 48.0 Å². The molecule has 2 N–H and O–H groups in total. The van der Waals surface area contributed by atoms with Crippen LogP contribution in [0.25, 0.3) is 0 Å². The van der Waals surface area contributed by atoms with E-state index >= 15 is 0 Å². The van der Waals surface area contributed by atoms with Crippen molar-refractivity contribution in [1.29, 1.82) is 0 Å². The first-order valence-corrected chi connectivity index (χ1v) is 13.9. The molecule has 40 heavy (non-hydrogen) atoms. The summed E-state index contributed by atoms with van der Waals surface area (Å²) in [5.74, 6) is -2.64. The maximum absolute atomic E-state index is 13.7. The Bertz CT molecular complexity index is 1440. The number of hydrogen-bond acceptors (Lipinski definition) is 8. The highest BCUT2D eigenvalue weighted by Gasteiger charge is 2.46. The van der Waals surface area contributed by atoms with Crippen LogP contribution in [0, 0.1) is 0 Å². The number of amides is 4. The highest BCUT2D eigenvalue weighted by Crippen LogP contribution is 2.34. The van der Waals surface area contributed by atoms with Crippen LogP contribution < -0.4 is 10.6 Å². The molecule has 0 radical (unpaired) electrons. The Labute approximate surface area is 232 Å². The van der Waals surface area contributed by atoms with Gasteiger partial charge >= 0.3 is 18.2 Å². The van der Waals surface area contributed by atoms with Gasteiger partial charge in [0.15, 0.2) is 15.7 Å². The molecule has 0 bridgehead atoms. The monoisotopic (exact) mass is 594 g/mol. The van der Waals surface area contributed by atoms with Gasteiger partial charge in [-0.2, -0.15) is 13.2 Å². The summed E-state index contributed by atoms with van der Waals surface area (Å²) in [6, 6.07) is 6.58. The van der Waals surface area contributed by atoms with Crippen molar-refractivity contribution in [2.45, 2.75) is 29.6 Å². The van der Waals surface area contributed by atoms with Crippen LogP contribution in [0.4, 0.5) is 23.1 Å². The second-order valence-corrected chi connectivity index (χ2v) is 10.7. The van der Waals surface area contributed by atoms with Crippen molar-refractivity contribution >= 4 is 51.5 Å². The van der Waals surface area contributed by atoms with Crippen LogP contribution in [0.5, 0.6) is 0 Å². The van der Waals surface area contributed by atoms with Crippen LogP contribution in [-0.4, -0.2) is 57.7 Å². The average molecular weight is 595 g/mol. The van der Waals surface area contributed by atoms with Crippen molar-refractivity contribution in [3.05, 3.63) is 76.3 Å². The minimum Gasteiger partial charge on any atom is -0.612 e. The number of alkyl halides is 3. The Kier molecular flexibility index (Phi) is 8.46. The van der Waals surface area contributed by atoms with Crippen molar-refractivity contribution < 1.29 is 41.6 Å². The van der Waals surface area contributed by atoms with Gasteiger partial charge in [-0.1, -0.05) is 30.3 Å². The number of nitrogens with one attached hydrogen (secondary N) is 2. The van der Waals surface area contributed by atoms with E-state index in [0.717, 1.165) is 30.6 Å². The number of carbonyl (C=O) groups is 4. The zero-order chi connectivity index (χ0) is 29.2. The van der Waals surface area contributed by atoms with Crippen LogP contribution in [0.3, 0.4) is 0 Å². The minimum absolute atomic E-state index is 0.0914. The van der Waals surface area contributed by atoms with Gasteiger partial charge in [0.2, 0.25) is 5.91 Å². The molecule has 0 saturated carbocycles. The number of urea groups is 1. The standard InChI is InChI=1S/C25H21F3N4O6S2/c1-38-22(35)17-12-39-23(29-17)31-20(33)18(11-14-5-3-4-6-16(14)25(26,27)28)32-21(34)19(30-24(32)36)13-7-9-15(10-8-13)40(2)37/h3-10,12,18-19H,11H2,1-2H3,(H,30,36)(H,29,31,33). The third kappa shape index (κ3) is 6.11. The Hall–Kier alpha value is -3.95. The molecule has 0 spiro atoms. The molecule has 3 unspecified atom stereocenters. The topological polar surface area (TPSA) is 141 Å². The Morgan fingerprint density at radius 1 is 1.20 bits per heavy atom. The van der Waals surface area contributed by atoms with Crippen molar-refractivity contribution in [2.24, 2.45) is 0 Å². The molecule has 1 aliphatic heterocycles. The van der Waals surface area contributed by atoms with Crippen LogP contribution in [0.1, 0.15) is 33.2 Å². The molecule has 3 atom stereocenters. The molecule has 1 aliphatic rings. The summed E-state index contributed by atoms with van der Waals surface area (Å²) in [5, 5.41) is 6.05. The van der Waals surface area contributed by atoms with Gasteiger partial charge in [0.25, 0.3) is 5.91 Å². The highest BCUT2D eigenvalue weighted by atomic mass is 32.2. The van der Waals surface area contributed by atoms with E-state index in [4.69, 9.17) is 0 Å². The number of thiazole rings is 1. The molecule has 10 nitrogen and oxygen atoms in total. The predicted octanol–water partition coefficient (Wildman–Crippen LogP) is 3.53. The van der Waals surface area contributed by atoms with Gasteiger partial charge in [0.05, 0.1) is 12.7 Å². The maximum Gasteiger partial charge on any atom is 0.416 e. The van der Waals surface area contributed by atoms with Gasteiger partial charge in [-0.25, -0.2) is 19.5 Å². The molecule has 15 heteroatoms. The molecule has 4 rings (SSSR count). The van der Waals surface area contributed by atoms with E-state index in [9.17, 15) is 36.9 Å². The second-order valence-electron chi connectivity index (χ2n) is 8.51. The predicted molar refractivity (Wildman–Crippen MR) is 138 cm³/mol. The van der Waals surface area contributed by atoms with Gasteiger partial charge in [-0.05, 0) is 40.5 Å². The van der Waals surface area contributed by atoms with Crippen molar-refractivity contribution in [2.75, 3.05) is 18.7 Å². The van der Waals surface area contributed by atoms with Gasteiger partial charge in [-0.3, -0.25) is 9.59 Å². The van der Waals surface area contributed by atoms with Gasteiger partial charge in [-0.15, -0.1) is 11.3 Å². The van der Waals surface area contributed by atoms with Gasteiger partial charge < -0.3 is 19.9 Å². The lowest BCUT2D eigenvalue weighted by Crippen LogP contribution is -2.49. The zero-order valence-corrected chi connectivity index (χ0v) is 22.5. The third-order valence-electron chi connectivity index (χ3n) is 6.00. The van der Waals surface area contributed by atoms with E-state index in [0.29, 0.717) is 15.4 Å². The van der Waals surface area contributed by atoms with Crippen LogP contribution in [-0.2, 0) is 38.1 Å². The quantitative estimate of drug-likeness (QED) is 0.231. The summed E-state index contributed by atoms with van der Waals surface area (Å²) >= 11 is -0.445. The largest absolute Gasteiger partial charge is 0.612 e. The number of halogens is 3. The van der Waals surface area contributed by atoms with E-state index in [1.807, 2.05) is 0 Å². The molecule has 1 saturated heterocycles. The number of ether oxygens (including phenoxy) is 1. The fourth-order valence-corrected chi connectivity index (χ4v) is 5.27. The average Bonchev–Trinajstić information content (AvgIpc) is 3.50. The van der Waals surface area contributed by atoms with E-state index in [-0.39, 0.29) is 16.4 Å². The molecule has 1 fully saturated rings. The van der Waals surface area contributed by atoms with Gasteiger partial charge in [0.1, 0.15) is 18.3 Å². The molecular formula is C25H21F3N4O6S2. The Morgan fingerprint density at radius 3 is 2.50 bits per heavy atom. The first kappa shape index (κ1) is 29.0. The van der Waals surface area contributed by atoms with Crippen molar-refractivity contribution in [1.82, 2.24) is 15.2 Å². The molecule has 2 heterocycles. The van der Waals surface area contributed by atoms with Crippen LogP contribution in [0.15, 0.2) is 58.8 Å². The minimum atomic E-state index is -4.76. The summed E-state index contributed by atoms with van der Waals surface area (Å²) in [6.45, 7) is 0. The Morgan fingerprint density at radius 2 is 1.88 bits per heavy atom. The number of benzene rings is 2. The lowest BCUT2D eigenvalue weighted by Gasteiger charge is -2.25. The lowest BCUT2D eigenvalue weighted by molar-refractivity contribution is -0.138. The SMILES string of the molecule is COC(=O)c1csc(NC(=O)C(Cc2ccccc2C(F)(F)F)N2C(=O)NC(c3ccc([S+](C)[O-])cc3)C2=O)n1. The number of methoxy groups -OCH3 is 1. The second kappa shape index (κ2) is 11.7. The van der Waals surface area contributed by atoms with E-state index in [1.54, 1.807) is 0 Å². The fourth-order valence-electron chi connectivity index (χ4n) is 4.07. The summed E-state index contributed by atoms with van der Waals surface area (Å²) in [6.07, 6.45) is -3.95.